The average Bonchev–Trinajstić information content (AvgIpc) is 3.46. The predicted molar refractivity (Wildman–Crippen MR) is 147 cm³/mol. The summed E-state index contributed by atoms with van der Waals surface area (Å²) >= 11 is 1.58. The predicted octanol–water partition coefficient (Wildman–Crippen LogP) is 4.39. The third kappa shape index (κ3) is 8.23. The SMILES string of the molecule is COCCN(CC(=O)N(CCc1ccc(OC)c(OC)c1)Cc1cccs1)C(=O)Nc1ccc(C#N)cc1. The van der Waals surface area contributed by atoms with E-state index in [0.717, 1.165) is 10.4 Å². The van der Waals surface area contributed by atoms with Crippen molar-refractivity contribution in [1.29, 1.82) is 5.26 Å². The molecule has 9 nitrogen and oxygen atoms in total. The number of benzene rings is 2. The van der Waals surface area contributed by atoms with Crippen LogP contribution in [0.5, 0.6) is 11.5 Å². The molecule has 2 aromatic carbocycles. The summed E-state index contributed by atoms with van der Waals surface area (Å²) in [6.45, 7) is 1.32. The number of nitrogens with zero attached hydrogens (tertiary/aromatic N) is 3. The monoisotopic (exact) mass is 536 g/mol. The number of nitrogens with one attached hydrogen (secondary N) is 1. The van der Waals surface area contributed by atoms with Crippen LogP contribution in [0.2, 0.25) is 0 Å². The summed E-state index contributed by atoms with van der Waals surface area (Å²) in [6, 6.07) is 17.8. The van der Waals surface area contributed by atoms with Gasteiger partial charge in [0.15, 0.2) is 11.5 Å². The number of ether oxygens (including phenoxy) is 3. The van der Waals surface area contributed by atoms with Crippen LogP contribution in [0.3, 0.4) is 0 Å². The number of anilines is 1. The van der Waals surface area contributed by atoms with Gasteiger partial charge in [0.05, 0.1) is 39.0 Å². The molecule has 10 heteroatoms. The van der Waals surface area contributed by atoms with Gasteiger partial charge in [0.2, 0.25) is 5.91 Å². The molecule has 3 rings (SSSR count). The Labute approximate surface area is 227 Å². The number of carbonyl (C=O) groups is 2. The summed E-state index contributed by atoms with van der Waals surface area (Å²) in [4.78, 5) is 30.8. The van der Waals surface area contributed by atoms with Gasteiger partial charge in [0.1, 0.15) is 6.54 Å². The van der Waals surface area contributed by atoms with Gasteiger partial charge in [-0.25, -0.2) is 4.79 Å². The van der Waals surface area contributed by atoms with Crippen molar-refractivity contribution in [3.8, 4) is 17.6 Å². The van der Waals surface area contributed by atoms with Crippen LogP contribution in [0.15, 0.2) is 60.0 Å². The minimum atomic E-state index is -0.420. The zero-order valence-corrected chi connectivity index (χ0v) is 22.6. The number of carbonyl (C=O) groups excluding carboxylic acids is 2. The molecule has 1 heterocycles. The highest BCUT2D eigenvalue weighted by Gasteiger charge is 2.22. The first-order chi connectivity index (χ1) is 18.5. The maximum atomic E-state index is 13.5. The summed E-state index contributed by atoms with van der Waals surface area (Å²) in [5.74, 6) is 1.10. The van der Waals surface area contributed by atoms with E-state index in [2.05, 4.69) is 5.32 Å². The van der Waals surface area contributed by atoms with E-state index < -0.39 is 6.03 Å². The Hall–Kier alpha value is -4.07. The lowest BCUT2D eigenvalue weighted by Crippen LogP contribution is -2.46. The van der Waals surface area contributed by atoms with E-state index in [1.54, 1.807) is 61.8 Å². The Balaban J connectivity index is 1.73. The van der Waals surface area contributed by atoms with E-state index in [4.69, 9.17) is 19.5 Å². The Morgan fingerprint density at radius 1 is 0.974 bits per heavy atom. The van der Waals surface area contributed by atoms with Crippen LogP contribution in [-0.2, 0) is 22.5 Å². The van der Waals surface area contributed by atoms with E-state index >= 15 is 0 Å². The van der Waals surface area contributed by atoms with Crippen LogP contribution in [0, 0.1) is 11.3 Å². The second-order valence-electron chi connectivity index (χ2n) is 8.37. The highest BCUT2D eigenvalue weighted by Crippen LogP contribution is 2.28. The van der Waals surface area contributed by atoms with Gasteiger partial charge in [0.25, 0.3) is 0 Å². The molecule has 0 atom stereocenters. The first-order valence-electron chi connectivity index (χ1n) is 12.0. The summed E-state index contributed by atoms with van der Waals surface area (Å²) < 4.78 is 15.9. The van der Waals surface area contributed by atoms with Gasteiger partial charge in [-0.2, -0.15) is 5.26 Å². The molecule has 1 N–H and O–H groups in total. The number of amides is 3. The van der Waals surface area contributed by atoms with Crippen molar-refractivity contribution in [1.82, 2.24) is 9.80 Å². The molecule has 0 aliphatic rings. The van der Waals surface area contributed by atoms with Crippen molar-refractivity contribution in [2.75, 3.05) is 52.9 Å². The van der Waals surface area contributed by atoms with E-state index in [0.29, 0.717) is 42.3 Å². The molecule has 3 amide bonds. The van der Waals surface area contributed by atoms with E-state index in [9.17, 15) is 9.59 Å². The molecule has 0 unspecified atom stereocenters. The molecule has 3 aromatic rings. The fraction of sp³-hybridized carbons (Fsp3) is 0.321. The van der Waals surface area contributed by atoms with Crippen molar-refractivity contribution in [2.24, 2.45) is 0 Å². The molecule has 0 fully saturated rings. The van der Waals surface area contributed by atoms with Crippen molar-refractivity contribution in [3.63, 3.8) is 0 Å². The van der Waals surface area contributed by atoms with Crippen molar-refractivity contribution in [3.05, 3.63) is 76.0 Å². The zero-order valence-electron chi connectivity index (χ0n) is 21.8. The largest absolute Gasteiger partial charge is 0.493 e. The third-order valence-corrected chi connectivity index (χ3v) is 6.70. The first-order valence-corrected chi connectivity index (χ1v) is 12.9. The maximum absolute atomic E-state index is 13.5. The first kappa shape index (κ1) is 28.5. The average molecular weight is 537 g/mol. The van der Waals surface area contributed by atoms with Gasteiger partial charge < -0.3 is 29.3 Å². The summed E-state index contributed by atoms with van der Waals surface area (Å²) in [6.07, 6.45) is 0.604. The van der Waals surface area contributed by atoms with Gasteiger partial charge >= 0.3 is 6.03 Å². The zero-order chi connectivity index (χ0) is 27.3. The Morgan fingerprint density at radius 2 is 1.74 bits per heavy atom. The van der Waals surface area contributed by atoms with E-state index in [-0.39, 0.29) is 25.6 Å². The molecular formula is C28H32N4O5S. The third-order valence-electron chi connectivity index (χ3n) is 5.84. The number of rotatable bonds is 13. The van der Waals surface area contributed by atoms with E-state index in [1.807, 2.05) is 41.8 Å². The minimum absolute atomic E-state index is 0.108. The summed E-state index contributed by atoms with van der Waals surface area (Å²) in [7, 11) is 4.72. The van der Waals surface area contributed by atoms with Crippen LogP contribution in [-0.4, -0.2) is 69.3 Å². The van der Waals surface area contributed by atoms with Gasteiger partial charge in [-0.1, -0.05) is 12.1 Å². The number of nitriles is 1. The van der Waals surface area contributed by atoms with Crippen LogP contribution >= 0.6 is 11.3 Å². The molecule has 0 aliphatic heterocycles. The Morgan fingerprint density at radius 3 is 2.37 bits per heavy atom. The van der Waals surface area contributed by atoms with Gasteiger partial charge in [-0.3, -0.25) is 4.79 Å². The standard InChI is InChI=1S/C28H32N4O5S/c1-35-15-14-32(28(34)30-23-9-6-22(18-29)7-10-23)20-27(33)31(19-24-5-4-16-38-24)13-12-21-8-11-25(36-2)26(17-21)37-3/h4-11,16-17H,12-15,19-20H2,1-3H3,(H,30,34). The lowest BCUT2D eigenvalue weighted by atomic mass is 10.1. The van der Waals surface area contributed by atoms with Crippen LogP contribution in [0.4, 0.5) is 10.5 Å². The number of hydrogen-bond donors (Lipinski definition) is 1. The van der Waals surface area contributed by atoms with Gasteiger partial charge in [-0.15, -0.1) is 11.3 Å². The van der Waals surface area contributed by atoms with Crippen molar-refractivity contribution < 1.29 is 23.8 Å². The quantitative estimate of drug-likeness (QED) is 0.348. The fourth-order valence-electron chi connectivity index (χ4n) is 3.73. The maximum Gasteiger partial charge on any atom is 0.322 e. The molecule has 38 heavy (non-hydrogen) atoms. The highest BCUT2D eigenvalue weighted by atomic mass is 32.1. The molecule has 1 aromatic heterocycles. The number of urea groups is 1. The summed E-state index contributed by atoms with van der Waals surface area (Å²) in [5, 5.41) is 13.8. The molecular weight excluding hydrogens is 504 g/mol. The van der Waals surface area contributed by atoms with Crippen molar-refractivity contribution in [2.45, 2.75) is 13.0 Å². The van der Waals surface area contributed by atoms with Gasteiger partial charge in [0, 0.05) is 30.8 Å². The number of methoxy groups -OCH3 is 3. The number of hydrogen-bond acceptors (Lipinski definition) is 7. The highest BCUT2D eigenvalue weighted by molar-refractivity contribution is 7.09. The smallest absolute Gasteiger partial charge is 0.322 e. The number of thiophene rings is 1. The second-order valence-corrected chi connectivity index (χ2v) is 9.40. The fourth-order valence-corrected chi connectivity index (χ4v) is 4.45. The molecule has 0 bridgehead atoms. The molecule has 0 saturated heterocycles. The van der Waals surface area contributed by atoms with E-state index in [1.165, 1.54) is 4.90 Å². The molecule has 0 aliphatic carbocycles. The molecule has 0 spiro atoms. The molecule has 0 radical (unpaired) electrons. The Kier molecular flexibility index (Phi) is 11.0. The minimum Gasteiger partial charge on any atom is -0.493 e. The second kappa shape index (κ2) is 14.6. The topological polar surface area (TPSA) is 104 Å². The lowest BCUT2D eigenvalue weighted by Gasteiger charge is -2.27. The summed E-state index contributed by atoms with van der Waals surface area (Å²) in [5.41, 5.74) is 2.03. The van der Waals surface area contributed by atoms with Crippen LogP contribution < -0.4 is 14.8 Å². The molecule has 0 saturated carbocycles. The Bertz CT molecular complexity index is 1230. The van der Waals surface area contributed by atoms with Crippen LogP contribution in [0.1, 0.15) is 16.0 Å². The normalized spacial score (nSPS) is 10.4. The van der Waals surface area contributed by atoms with Gasteiger partial charge in [-0.05, 0) is 59.8 Å². The lowest BCUT2D eigenvalue weighted by molar-refractivity contribution is -0.132. The van der Waals surface area contributed by atoms with Crippen molar-refractivity contribution >= 4 is 29.0 Å². The van der Waals surface area contributed by atoms with Crippen LogP contribution in [0.25, 0.3) is 0 Å². The molecule has 200 valence electrons.